The predicted molar refractivity (Wildman–Crippen MR) is 85.6 cm³/mol. The fraction of sp³-hybridized carbons (Fsp3) is 0.529. The standard InChI is InChI=1S/C17H23N3O3/c21-16-12-23-11-15(17(22)19-14-7-4-8-18-9-14)20(16)10-13-5-2-1-3-6-13/h1-3,5-6,14-15,18H,4,7-12H2,(H,19,22)/t14-,15+/m0/s1. The zero-order valence-electron chi connectivity index (χ0n) is 13.2. The van der Waals surface area contributed by atoms with Crippen LogP contribution in [0.15, 0.2) is 30.3 Å². The summed E-state index contributed by atoms with van der Waals surface area (Å²) in [6, 6.07) is 9.30. The van der Waals surface area contributed by atoms with Crippen LogP contribution in [-0.2, 0) is 20.9 Å². The third kappa shape index (κ3) is 4.09. The molecule has 2 N–H and O–H groups in total. The van der Waals surface area contributed by atoms with Gasteiger partial charge in [0.15, 0.2) is 0 Å². The van der Waals surface area contributed by atoms with E-state index in [1.54, 1.807) is 4.90 Å². The minimum atomic E-state index is -0.557. The maximum absolute atomic E-state index is 12.6. The number of hydrogen-bond acceptors (Lipinski definition) is 4. The van der Waals surface area contributed by atoms with Crippen molar-refractivity contribution in [2.45, 2.75) is 31.5 Å². The van der Waals surface area contributed by atoms with Gasteiger partial charge in [-0.3, -0.25) is 9.59 Å². The van der Waals surface area contributed by atoms with E-state index in [2.05, 4.69) is 10.6 Å². The third-order valence-corrected chi connectivity index (χ3v) is 4.34. The topological polar surface area (TPSA) is 70.7 Å². The Kier molecular flexibility index (Phi) is 5.25. The molecular formula is C17H23N3O3. The van der Waals surface area contributed by atoms with Crippen molar-refractivity contribution in [1.29, 1.82) is 0 Å². The van der Waals surface area contributed by atoms with Crippen molar-refractivity contribution in [2.75, 3.05) is 26.3 Å². The fourth-order valence-electron chi connectivity index (χ4n) is 3.07. The largest absolute Gasteiger partial charge is 0.369 e. The number of amides is 2. The molecule has 2 atom stereocenters. The van der Waals surface area contributed by atoms with Gasteiger partial charge in [-0.25, -0.2) is 0 Å². The minimum absolute atomic E-state index is 0.0433. The molecule has 2 heterocycles. The van der Waals surface area contributed by atoms with E-state index in [1.165, 1.54) is 0 Å². The van der Waals surface area contributed by atoms with Crippen LogP contribution in [0.5, 0.6) is 0 Å². The summed E-state index contributed by atoms with van der Waals surface area (Å²) in [6.45, 7) is 2.51. The first-order valence-electron chi connectivity index (χ1n) is 8.16. The fourth-order valence-corrected chi connectivity index (χ4v) is 3.07. The van der Waals surface area contributed by atoms with E-state index in [-0.39, 0.29) is 31.1 Å². The van der Waals surface area contributed by atoms with Crippen molar-refractivity contribution in [3.63, 3.8) is 0 Å². The van der Waals surface area contributed by atoms with E-state index in [4.69, 9.17) is 4.74 Å². The molecule has 2 amide bonds. The number of benzene rings is 1. The molecule has 1 aromatic rings. The van der Waals surface area contributed by atoms with Crippen molar-refractivity contribution >= 4 is 11.8 Å². The highest BCUT2D eigenvalue weighted by molar-refractivity contribution is 5.89. The molecule has 0 aliphatic carbocycles. The van der Waals surface area contributed by atoms with E-state index in [1.807, 2.05) is 30.3 Å². The number of ether oxygens (including phenoxy) is 1. The van der Waals surface area contributed by atoms with Gasteiger partial charge >= 0.3 is 0 Å². The first kappa shape index (κ1) is 16.0. The molecule has 2 aliphatic heterocycles. The maximum Gasteiger partial charge on any atom is 0.249 e. The summed E-state index contributed by atoms with van der Waals surface area (Å²) >= 11 is 0. The van der Waals surface area contributed by atoms with Gasteiger partial charge in [0, 0.05) is 19.1 Å². The molecule has 124 valence electrons. The zero-order valence-corrected chi connectivity index (χ0v) is 13.2. The summed E-state index contributed by atoms with van der Waals surface area (Å²) in [4.78, 5) is 26.4. The lowest BCUT2D eigenvalue weighted by atomic mass is 10.1. The molecule has 0 saturated carbocycles. The van der Waals surface area contributed by atoms with Crippen molar-refractivity contribution < 1.29 is 14.3 Å². The number of rotatable bonds is 4. The van der Waals surface area contributed by atoms with Gasteiger partial charge in [0.25, 0.3) is 0 Å². The molecular weight excluding hydrogens is 294 g/mol. The monoisotopic (exact) mass is 317 g/mol. The Morgan fingerprint density at radius 2 is 2.17 bits per heavy atom. The summed E-state index contributed by atoms with van der Waals surface area (Å²) in [6.07, 6.45) is 2.03. The first-order chi connectivity index (χ1) is 11.2. The van der Waals surface area contributed by atoms with E-state index < -0.39 is 6.04 Å². The average molecular weight is 317 g/mol. The molecule has 23 heavy (non-hydrogen) atoms. The van der Waals surface area contributed by atoms with E-state index in [0.29, 0.717) is 6.54 Å². The Bertz CT molecular complexity index is 543. The number of nitrogens with zero attached hydrogens (tertiary/aromatic N) is 1. The number of nitrogens with one attached hydrogen (secondary N) is 2. The van der Waals surface area contributed by atoms with E-state index in [9.17, 15) is 9.59 Å². The number of carbonyl (C=O) groups is 2. The third-order valence-electron chi connectivity index (χ3n) is 4.34. The summed E-state index contributed by atoms with van der Waals surface area (Å²) in [5.41, 5.74) is 1.01. The van der Waals surface area contributed by atoms with Gasteiger partial charge in [0.1, 0.15) is 12.6 Å². The molecule has 0 spiro atoms. The Balaban J connectivity index is 1.67. The Labute approximate surface area is 136 Å². The second-order valence-electron chi connectivity index (χ2n) is 6.09. The molecule has 6 heteroatoms. The normalized spacial score (nSPS) is 25.2. The van der Waals surface area contributed by atoms with Crippen LogP contribution in [0.3, 0.4) is 0 Å². The molecule has 1 aromatic carbocycles. The highest BCUT2D eigenvalue weighted by Crippen LogP contribution is 2.14. The smallest absolute Gasteiger partial charge is 0.249 e. The van der Waals surface area contributed by atoms with Crippen LogP contribution in [0, 0.1) is 0 Å². The molecule has 0 bridgehead atoms. The Hall–Kier alpha value is -1.92. The lowest BCUT2D eigenvalue weighted by Crippen LogP contribution is -2.58. The Morgan fingerprint density at radius 1 is 1.35 bits per heavy atom. The Morgan fingerprint density at radius 3 is 2.91 bits per heavy atom. The number of piperidine rings is 1. The average Bonchev–Trinajstić information content (AvgIpc) is 2.58. The lowest BCUT2D eigenvalue weighted by Gasteiger charge is -2.36. The number of carbonyl (C=O) groups excluding carboxylic acids is 2. The highest BCUT2D eigenvalue weighted by atomic mass is 16.5. The second kappa shape index (κ2) is 7.57. The van der Waals surface area contributed by atoms with Crippen molar-refractivity contribution in [2.24, 2.45) is 0 Å². The molecule has 6 nitrogen and oxygen atoms in total. The number of hydrogen-bond donors (Lipinski definition) is 2. The molecule has 3 rings (SSSR count). The van der Waals surface area contributed by atoms with Crippen LogP contribution in [-0.4, -0.2) is 55.1 Å². The van der Waals surface area contributed by atoms with Gasteiger partial charge < -0.3 is 20.3 Å². The van der Waals surface area contributed by atoms with Gasteiger partial charge in [-0.05, 0) is 24.9 Å². The molecule has 0 radical (unpaired) electrons. The van der Waals surface area contributed by atoms with Crippen LogP contribution in [0.25, 0.3) is 0 Å². The summed E-state index contributed by atoms with van der Waals surface area (Å²) in [5, 5.41) is 6.33. The van der Waals surface area contributed by atoms with Gasteiger partial charge in [-0.1, -0.05) is 30.3 Å². The van der Waals surface area contributed by atoms with Crippen LogP contribution in [0.2, 0.25) is 0 Å². The molecule has 2 saturated heterocycles. The highest BCUT2D eigenvalue weighted by Gasteiger charge is 2.34. The van der Waals surface area contributed by atoms with Crippen LogP contribution >= 0.6 is 0 Å². The van der Waals surface area contributed by atoms with Gasteiger partial charge in [-0.15, -0.1) is 0 Å². The van der Waals surface area contributed by atoms with Crippen LogP contribution < -0.4 is 10.6 Å². The van der Waals surface area contributed by atoms with Gasteiger partial charge in [0.2, 0.25) is 11.8 Å². The van der Waals surface area contributed by atoms with Crippen LogP contribution in [0.1, 0.15) is 18.4 Å². The predicted octanol–water partition coefficient (Wildman–Crippen LogP) is 0.282. The molecule has 2 fully saturated rings. The molecule has 0 aromatic heterocycles. The minimum Gasteiger partial charge on any atom is -0.369 e. The number of morpholine rings is 1. The summed E-state index contributed by atoms with van der Waals surface area (Å²) < 4.78 is 5.30. The molecule has 2 aliphatic rings. The second-order valence-corrected chi connectivity index (χ2v) is 6.09. The lowest BCUT2D eigenvalue weighted by molar-refractivity contribution is -0.156. The van der Waals surface area contributed by atoms with E-state index >= 15 is 0 Å². The van der Waals surface area contributed by atoms with Crippen molar-refractivity contribution in [3.05, 3.63) is 35.9 Å². The van der Waals surface area contributed by atoms with Gasteiger partial charge in [-0.2, -0.15) is 0 Å². The van der Waals surface area contributed by atoms with Crippen LogP contribution in [0.4, 0.5) is 0 Å². The van der Waals surface area contributed by atoms with Crippen molar-refractivity contribution in [3.8, 4) is 0 Å². The SMILES string of the molecule is O=C(N[C@H]1CCCNC1)[C@H]1COCC(=O)N1Cc1ccccc1. The van der Waals surface area contributed by atoms with Crippen molar-refractivity contribution in [1.82, 2.24) is 15.5 Å². The maximum atomic E-state index is 12.6. The summed E-state index contributed by atoms with van der Waals surface area (Å²) in [5.74, 6) is -0.260. The summed E-state index contributed by atoms with van der Waals surface area (Å²) in [7, 11) is 0. The first-order valence-corrected chi connectivity index (χ1v) is 8.16. The van der Waals surface area contributed by atoms with E-state index in [0.717, 1.165) is 31.5 Å². The quantitative estimate of drug-likeness (QED) is 0.837. The zero-order chi connectivity index (χ0) is 16.1. The molecule has 0 unspecified atom stereocenters. The van der Waals surface area contributed by atoms with Gasteiger partial charge in [0.05, 0.1) is 6.61 Å².